The fourth-order valence-electron chi connectivity index (χ4n) is 4.05. The van der Waals surface area contributed by atoms with Crippen LogP contribution in [0.4, 0.5) is 0 Å². The van der Waals surface area contributed by atoms with Crippen LogP contribution >= 0.6 is 11.8 Å². The number of amides is 1. The molecule has 1 saturated heterocycles. The highest BCUT2D eigenvalue weighted by molar-refractivity contribution is 8.03. The highest BCUT2D eigenvalue weighted by atomic mass is 32.2. The third-order valence-corrected chi connectivity index (χ3v) is 6.72. The lowest BCUT2D eigenvalue weighted by Gasteiger charge is -2.38. The zero-order valence-electron chi connectivity index (χ0n) is 17.7. The zero-order valence-corrected chi connectivity index (χ0v) is 18.5. The number of carbonyl (C=O) groups is 1. The van der Waals surface area contributed by atoms with E-state index in [1.807, 2.05) is 38.1 Å². The van der Waals surface area contributed by atoms with Gasteiger partial charge in [-0.3, -0.25) is 9.69 Å². The second-order valence-corrected chi connectivity index (χ2v) is 8.85. The number of nitriles is 1. The van der Waals surface area contributed by atoms with Gasteiger partial charge in [-0.25, -0.2) is 0 Å². The Morgan fingerprint density at radius 1 is 1.23 bits per heavy atom. The molecule has 0 radical (unpaired) electrons. The Kier molecular flexibility index (Phi) is 5.69. The fraction of sp³-hybridized carbons (Fsp3) is 0.333. The first-order valence-electron chi connectivity index (χ1n) is 10.1. The first-order chi connectivity index (χ1) is 14.9. The minimum absolute atomic E-state index is 0.0663. The summed E-state index contributed by atoms with van der Waals surface area (Å²) in [6.07, 6.45) is 0.181. The highest BCUT2D eigenvalue weighted by Crippen LogP contribution is 2.52. The van der Waals surface area contributed by atoms with Crippen molar-refractivity contribution >= 4 is 17.7 Å². The Bertz CT molecular complexity index is 1070. The van der Waals surface area contributed by atoms with E-state index < -0.39 is 5.72 Å². The van der Waals surface area contributed by atoms with Crippen molar-refractivity contribution in [2.24, 2.45) is 0 Å². The summed E-state index contributed by atoms with van der Waals surface area (Å²) in [7, 11) is 1.56. The van der Waals surface area contributed by atoms with Crippen LogP contribution in [0.5, 0.6) is 11.5 Å². The predicted octanol–water partition coefficient (Wildman–Crippen LogP) is 4.13. The summed E-state index contributed by atoms with van der Waals surface area (Å²) in [6, 6.07) is 16.9. The molecular formula is C24H24N2O4S. The maximum Gasteiger partial charge on any atom is 0.231 e. The topological polar surface area (TPSA) is 82.8 Å². The molecular weight excluding hydrogens is 412 g/mol. The van der Waals surface area contributed by atoms with Crippen LogP contribution in [0.15, 0.2) is 59.1 Å². The number of aliphatic hydroxyl groups is 1. The van der Waals surface area contributed by atoms with Crippen molar-refractivity contribution in [3.8, 4) is 17.6 Å². The van der Waals surface area contributed by atoms with E-state index >= 15 is 0 Å². The molecule has 2 atom stereocenters. The van der Waals surface area contributed by atoms with Crippen LogP contribution in [0, 0.1) is 11.3 Å². The molecule has 0 saturated carbocycles. The molecule has 2 aromatic carbocycles. The number of hydrogen-bond acceptors (Lipinski definition) is 6. The summed E-state index contributed by atoms with van der Waals surface area (Å²) in [5, 5.41) is 22.0. The molecule has 0 bridgehead atoms. The van der Waals surface area contributed by atoms with E-state index in [0.717, 1.165) is 11.3 Å². The summed E-state index contributed by atoms with van der Waals surface area (Å²) in [6.45, 7) is 3.92. The quantitative estimate of drug-likeness (QED) is 0.759. The van der Waals surface area contributed by atoms with Gasteiger partial charge in [-0.1, -0.05) is 24.3 Å². The van der Waals surface area contributed by atoms with E-state index in [1.54, 1.807) is 31.4 Å². The number of carbonyl (C=O) groups excluding carboxylic acids is 1. The Hall–Kier alpha value is -2.95. The van der Waals surface area contributed by atoms with Gasteiger partial charge in [-0.2, -0.15) is 5.26 Å². The number of methoxy groups -OCH3 is 1. The van der Waals surface area contributed by atoms with Gasteiger partial charge in [0.25, 0.3) is 0 Å². The van der Waals surface area contributed by atoms with E-state index in [-0.39, 0.29) is 30.1 Å². The smallest absolute Gasteiger partial charge is 0.231 e. The van der Waals surface area contributed by atoms with Gasteiger partial charge in [0.2, 0.25) is 5.91 Å². The molecule has 0 spiro atoms. The molecule has 1 N–H and O–H groups in total. The molecule has 7 heteroatoms. The van der Waals surface area contributed by atoms with Crippen molar-refractivity contribution in [3.05, 3.63) is 70.3 Å². The van der Waals surface area contributed by atoms with E-state index in [4.69, 9.17) is 9.47 Å². The second kappa shape index (κ2) is 8.29. The minimum atomic E-state index is -1.52. The van der Waals surface area contributed by atoms with Crippen molar-refractivity contribution in [1.82, 2.24) is 4.90 Å². The summed E-state index contributed by atoms with van der Waals surface area (Å²) in [5.74, 6) is 1.03. The number of fused-ring (bicyclic) bond motifs is 1. The fourth-order valence-corrected chi connectivity index (χ4v) is 5.41. The van der Waals surface area contributed by atoms with Crippen molar-refractivity contribution in [2.45, 2.75) is 38.0 Å². The average Bonchev–Trinajstić information content (AvgIpc) is 3.13. The van der Waals surface area contributed by atoms with E-state index in [2.05, 4.69) is 6.07 Å². The summed E-state index contributed by atoms with van der Waals surface area (Å²) >= 11 is 1.33. The van der Waals surface area contributed by atoms with E-state index in [1.165, 1.54) is 16.7 Å². The van der Waals surface area contributed by atoms with Crippen molar-refractivity contribution < 1.29 is 19.4 Å². The lowest BCUT2D eigenvalue weighted by molar-refractivity contribution is -0.149. The number of nitrogens with zero attached hydrogens (tertiary/aromatic N) is 2. The third-order valence-electron chi connectivity index (χ3n) is 5.50. The molecule has 2 aliphatic rings. The molecule has 2 aromatic rings. The largest absolute Gasteiger partial charge is 0.497 e. The zero-order chi connectivity index (χ0) is 22.2. The van der Waals surface area contributed by atoms with E-state index in [0.29, 0.717) is 21.9 Å². The SMILES string of the molecule is COc1cccc([C@@]2(O)CSC3=C(C#N)[C@H](c4ccc(OC(C)C)cc4)CC(=O)N32)c1. The van der Waals surface area contributed by atoms with Crippen LogP contribution in [-0.2, 0) is 10.5 Å². The van der Waals surface area contributed by atoms with Gasteiger partial charge in [-0.05, 0) is 43.7 Å². The molecule has 6 nitrogen and oxygen atoms in total. The van der Waals surface area contributed by atoms with E-state index in [9.17, 15) is 15.2 Å². The second-order valence-electron chi connectivity index (χ2n) is 7.89. The monoisotopic (exact) mass is 436 g/mol. The normalized spacial score (nSPS) is 23.0. The van der Waals surface area contributed by atoms with Gasteiger partial charge in [-0.15, -0.1) is 11.8 Å². The van der Waals surface area contributed by atoms with Gasteiger partial charge >= 0.3 is 0 Å². The number of thioether (sulfide) groups is 1. The van der Waals surface area contributed by atoms with Crippen molar-refractivity contribution in [2.75, 3.05) is 12.9 Å². The molecule has 2 heterocycles. The lowest BCUT2D eigenvalue weighted by atomic mass is 9.85. The Labute approximate surface area is 186 Å². The molecule has 160 valence electrons. The molecule has 4 rings (SSSR count). The Balaban J connectivity index is 1.71. The predicted molar refractivity (Wildman–Crippen MR) is 118 cm³/mol. The third kappa shape index (κ3) is 3.78. The summed E-state index contributed by atoms with van der Waals surface area (Å²) in [5.41, 5.74) is 0.424. The number of allylic oxidation sites excluding steroid dienone is 1. The Morgan fingerprint density at radius 2 is 1.97 bits per heavy atom. The molecule has 0 aromatic heterocycles. The van der Waals surface area contributed by atoms with Crippen molar-refractivity contribution in [1.29, 1.82) is 5.26 Å². The number of rotatable bonds is 5. The summed E-state index contributed by atoms with van der Waals surface area (Å²) in [4.78, 5) is 14.6. The van der Waals surface area contributed by atoms with Gasteiger partial charge in [0.1, 0.15) is 11.5 Å². The number of ether oxygens (including phenoxy) is 2. The summed E-state index contributed by atoms with van der Waals surface area (Å²) < 4.78 is 11.0. The van der Waals surface area contributed by atoms with Crippen molar-refractivity contribution in [3.63, 3.8) is 0 Å². The molecule has 0 aliphatic carbocycles. The minimum Gasteiger partial charge on any atom is -0.497 e. The van der Waals surface area contributed by atoms with Crippen LogP contribution in [0.25, 0.3) is 0 Å². The van der Waals surface area contributed by atoms with Crippen LogP contribution in [-0.4, -0.2) is 34.9 Å². The average molecular weight is 437 g/mol. The first kappa shape index (κ1) is 21.3. The molecule has 1 fully saturated rings. The highest BCUT2D eigenvalue weighted by Gasteiger charge is 2.51. The van der Waals surface area contributed by atoms with Gasteiger partial charge in [0, 0.05) is 17.9 Å². The van der Waals surface area contributed by atoms with Gasteiger partial charge in [0.15, 0.2) is 5.72 Å². The van der Waals surface area contributed by atoms with Gasteiger partial charge < -0.3 is 14.6 Å². The number of hydrogen-bond donors (Lipinski definition) is 1. The molecule has 0 unspecified atom stereocenters. The van der Waals surface area contributed by atoms with Gasteiger partial charge in [0.05, 0.1) is 35.6 Å². The van der Waals surface area contributed by atoms with Crippen LogP contribution in [0.1, 0.15) is 37.3 Å². The Morgan fingerprint density at radius 3 is 2.61 bits per heavy atom. The van der Waals surface area contributed by atoms with Crippen LogP contribution in [0.3, 0.4) is 0 Å². The number of benzene rings is 2. The lowest BCUT2D eigenvalue weighted by Crippen LogP contribution is -2.48. The maximum absolute atomic E-state index is 13.2. The molecule has 2 aliphatic heterocycles. The first-order valence-corrected chi connectivity index (χ1v) is 11.1. The molecule has 31 heavy (non-hydrogen) atoms. The van der Waals surface area contributed by atoms with Crippen LogP contribution < -0.4 is 9.47 Å². The molecule has 1 amide bonds. The maximum atomic E-state index is 13.2. The standard InChI is InChI=1S/C24H24N2O4S/c1-15(2)30-18-9-7-16(8-10-18)20-12-22(27)26-23(21(20)13-25)31-14-24(26,28)17-5-4-6-19(11-17)29-3/h4-11,15,20,28H,12,14H2,1-3H3/t20-,24-/m0/s1. The van der Waals surface area contributed by atoms with Crippen LogP contribution in [0.2, 0.25) is 0 Å².